The van der Waals surface area contributed by atoms with Gasteiger partial charge in [-0.15, -0.1) is 0 Å². The Morgan fingerprint density at radius 3 is 2.40 bits per heavy atom. The van der Waals surface area contributed by atoms with Crippen molar-refractivity contribution in [3.63, 3.8) is 0 Å². The molecule has 0 bridgehead atoms. The van der Waals surface area contributed by atoms with Gasteiger partial charge in [0.2, 0.25) is 6.41 Å². The van der Waals surface area contributed by atoms with Gasteiger partial charge in [-0.25, -0.2) is 5.43 Å². The van der Waals surface area contributed by atoms with Crippen molar-refractivity contribution in [1.82, 2.24) is 10.9 Å². The van der Waals surface area contributed by atoms with Crippen molar-refractivity contribution in [1.29, 1.82) is 0 Å². The summed E-state index contributed by atoms with van der Waals surface area (Å²) in [5, 5.41) is 0. The highest BCUT2D eigenvalue weighted by atomic mass is 16.1. The van der Waals surface area contributed by atoms with Gasteiger partial charge in [-0.3, -0.25) is 10.2 Å². The summed E-state index contributed by atoms with van der Waals surface area (Å²) in [6, 6.07) is 0. The fourth-order valence-corrected chi connectivity index (χ4v) is 0.0589. The fraction of sp³-hybridized carbons (Fsp3) is 0.500. The molecule has 0 rings (SSSR count). The average Bonchev–Trinajstić information content (AvgIpc) is 1.41. The summed E-state index contributed by atoms with van der Waals surface area (Å²) in [7, 11) is 1.62. The molecule has 0 aromatic rings. The van der Waals surface area contributed by atoms with E-state index in [-0.39, 0.29) is 0 Å². The molecule has 0 aliphatic heterocycles. The number of hydrogen-bond acceptors (Lipinski definition) is 2. The van der Waals surface area contributed by atoms with Crippen LogP contribution < -0.4 is 10.9 Å². The maximum atomic E-state index is 9.23. The predicted octanol–water partition coefficient (Wildman–Crippen LogP) is -1.13. The van der Waals surface area contributed by atoms with Crippen LogP contribution in [0.2, 0.25) is 0 Å². The Balaban J connectivity index is 2.40. The number of nitrogens with one attached hydrogen (secondary N) is 2. The van der Waals surface area contributed by atoms with Crippen LogP contribution >= 0.6 is 0 Å². The Morgan fingerprint density at radius 2 is 2.40 bits per heavy atom. The second-order valence-corrected chi connectivity index (χ2v) is 0.512. The van der Waals surface area contributed by atoms with E-state index in [9.17, 15) is 4.79 Å². The molecule has 0 aromatic carbocycles. The van der Waals surface area contributed by atoms with Gasteiger partial charge >= 0.3 is 0 Å². The number of hydrazine groups is 1. The van der Waals surface area contributed by atoms with Crippen LogP contribution in [-0.4, -0.2) is 13.5 Å². The van der Waals surface area contributed by atoms with Gasteiger partial charge in [0, 0.05) is 7.05 Å². The monoisotopic (exact) mass is 74.0 g/mol. The van der Waals surface area contributed by atoms with E-state index in [0.717, 1.165) is 0 Å². The van der Waals surface area contributed by atoms with Gasteiger partial charge < -0.3 is 0 Å². The maximum absolute atomic E-state index is 9.23. The smallest absolute Gasteiger partial charge is 0.221 e. The fourth-order valence-electron chi connectivity index (χ4n) is 0.0589. The molecule has 3 heteroatoms. The summed E-state index contributed by atoms with van der Waals surface area (Å²) in [6.45, 7) is 0. The van der Waals surface area contributed by atoms with Crippen LogP contribution in [0.1, 0.15) is 0 Å². The molecule has 0 saturated heterocycles. The van der Waals surface area contributed by atoms with Crippen molar-refractivity contribution >= 4 is 6.41 Å². The Kier molecular flexibility index (Phi) is 3.04. The van der Waals surface area contributed by atoms with Crippen molar-refractivity contribution in [2.75, 3.05) is 7.05 Å². The molecule has 2 N–H and O–H groups in total. The lowest BCUT2D eigenvalue weighted by molar-refractivity contribution is -0.110. The maximum Gasteiger partial charge on any atom is 0.221 e. The number of hydrogen-bond donors (Lipinski definition) is 2. The van der Waals surface area contributed by atoms with Gasteiger partial charge in [0.25, 0.3) is 0 Å². The molecule has 0 aliphatic rings. The minimum absolute atomic E-state index is 0.569. The highest BCUT2D eigenvalue weighted by Gasteiger charge is 1.55. The van der Waals surface area contributed by atoms with Crippen molar-refractivity contribution in [3.05, 3.63) is 0 Å². The minimum Gasteiger partial charge on any atom is -0.294 e. The lowest BCUT2D eigenvalue weighted by Gasteiger charge is -1.83. The first-order valence-corrected chi connectivity index (χ1v) is 1.27. The number of amides is 1. The molecule has 0 spiro atoms. The highest BCUT2D eigenvalue weighted by molar-refractivity contribution is 5.44. The van der Waals surface area contributed by atoms with Crippen LogP contribution in [0.15, 0.2) is 0 Å². The van der Waals surface area contributed by atoms with Gasteiger partial charge in [0.05, 0.1) is 0 Å². The predicted molar refractivity (Wildman–Crippen MR) is 18.3 cm³/mol. The van der Waals surface area contributed by atoms with Gasteiger partial charge in [-0.1, -0.05) is 0 Å². The van der Waals surface area contributed by atoms with Crippen molar-refractivity contribution in [2.45, 2.75) is 0 Å². The number of carbonyl (C=O) groups is 1. The molecule has 0 unspecified atom stereocenters. The quantitative estimate of drug-likeness (QED) is 0.321. The van der Waals surface area contributed by atoms with Gasteiger partial charge in [-0.2, -0.15) is 0 Å². The summed E-state index contributed by atoms with van der Waals surface area (Å²) < 4.78 is 0. The molecule has 0 radical (unpaired) electrons. The molecule has 0 atom stereocenters. The third-order valence-corrected chi connectivity index (χ3v) is 0.203. The lowest BCUT2D eigenvalue weighted by Crippen LogP contribution is -2.24. The zero-order valence-electron chi connectivity index (χ0n) is 2.99. The van der Waals surface area contributed by atoms with E-state index < -0.39 is 0 Å². The van der Waals surface area contributed by atoms with E-state index in [1.54, 1.807) is 7.05 Å². The van der Waals surface area contributed by atoms with Crippen molar-refractivity contribution < 1.29 is 4.79 Å². The molecular formula is C2H6N2O. The first-order chi connectivity index (χ1) is 2.41. The normalized spacial score (nSPS) is 6.60. The summed E-state index contributed by atoms with van der Waals surface area (Å²) in [5.74, 6) is 0. The molecule has 30 valence electrons. The molecule has 0 fully saturated rings. The van der Waals surface area contributed by atoms with Crippen molar-refractivity contribution in [2.24, 2.45) is 0 Å². The third-order valence-electron chi connectivity index (χ3n) is 0.203. The zero-order valence-corrected chi connectivity index (χ0v) is 2.99. The Hall–Kier alpha value is -0.570. The van der Waals surface area contributed by atoms with E-state index in [4.69, 9.17) is 0 Å². The Labute approximate surface area is 30.3 Å². The Bertz CT molecular complexity index is 28.8. The van der Waals surface area contributed by atoms with E-state index in [2.05, 4.69) is 10.9 Å². The summed E-state index contributed by atoms with van der Waals surface area (Å²) >= 11 is 0. The lowest BCUT2D eigenvalue weighted by atomic mass is 11.3. The molecule has 0 heterocycles. The summed E-state index contributed by atoms with van der Waals surface area (Å²) in [4.78, 5) is 9.23. The summed E-state index contributed by atoms with van der Waals surface area (Å²) in [5.41, 5.74) is 4.58. The minimum atomic E-state index is 0.569. The van der Waals surface area contributed by atoms with Crippen LogP contribution in [-0.2, 0) is 4.79 Å². The standard InChI is InChI=1S/C2H6N2O/c1-3-4-2-5/h2-3H,1H3,(H,4,5). The zero-order chi connectivity index (χ0) is 4.12. The molecule has 5 heavy (non-hydrogen) atoms. The average molecular weight is 74.1 g/mol. The highest BCUT2D eigenvalue weighted by Crippen LogP contribution is 1.15. The number of carbonyl (C=O) groups excluding carboxylic acids is 1. The first-order valence-electron chi connectivity index (χ1n) is 1.27. The second kappa shape index (κ2) is 3.43. The van der Waals surface area contributed by atoms with Gasteiger partial charge in [0.1, 0.15) is 0 Å². The van der Waals surface area contributed by atoms with Crippen molar-refractivity contribution in [3.8, 4) is 0 Å². The summed E-state index contributed by atoms with van der Waals surface area (Å²) in [6.07, 6.45) is 0.569. The van der Waals surface area contributed by atoms with Crippen LogP contribution in [0.4, 0.5) is 0 Å². The third kappa shape index (κ3) is 3.43. The van der Waals surface area contributed by atoms with E-state index in [1.165, 1.54) is 0 Å². The molecule has 1 amide bonds. The molecular weight excluding hydrogens is 68.0 g/mol. The molecule has 0 saturated carbocycles. The van der Waals surface area contributed by atoms with Crippen LogP contribution in [0.25, 0.3) is 0 Å². The topological polar surface area (TPSA) is 41.1 Å². The van der Waals surface area contributed by atoms with Crippen LogP contribution in [0.5, 0.6) is 0 Å². The molecule has 0 aliphatic carbocycles. The number of rotatable bonds is 2. The Morgan fingerprint density at radius 1 is 1.80 bits per heavy atom. The van der Waals surface area contributed by atoms with Crippen LogP contribution in [0.3, 0.4) is 0 Å². The van der Waals surface area contributed by atoms with Gasteiger partial charge in [0.15, 0.2) is 0 Å². The van der Waals surface area contributed by atoms with Crippen LogP contribution in [0, 0.1) is 0 Å². The largest absolute Gasteiger partial charge is 0.294 e. The van der Waals surface area contributed by atoms with E-state index in [0.29, 0.717) is 6.41 Å². The SMILES string of the molecule is CNNC=O. The van der Waals surface area contributed by atoms with E-state index in [1.807, 2.05) is 0 Å². The molecule has 3 nitrogen and oxygen atoms in total. The van der Waals surface area contributed by atoms with Gasteiger partial charge in [-0.05, 0) is 0 Å². The van der Waals surface area contributed by atoms with E-state index >= 15 is 0 Å². The second-order valence-electron chi connectivity index (χ2n) is 0.512. The molecule has 0 aromatic heterocycles. The first kappa shape index (κ1) is 4.43.